The molecule has 5 rings (SSSR count). The summed E-state index contributed by atoms with van der Waals surface area (Å²) in [5, 5.41) is 4.13. The maximum atomic E-state index is 12.9. The molecule has 1 saturated heterocycles. The van der Waals surface area contributed by atoms with Crippen molar-refractivity contribution in [3.8, 4) is 11.5 Å². The van der Waals surface area contributed by atoms with Crippen LogP contribution in [0.5, 0.6) is 11.5 Å². The number of nitrogens with one attached hydrogen (secondary N) is 2. The Morgan fingerprint density at radius 3 is 2.47 bits per heavy atom. The minimum absolute atomic E-state index is 0.0634. The van der Waals surface area contributed by atoms with Crippen molar-refractivity contribution >= 4 is 28.3 Å². The summed E-state index contributed by atoms with van der Waals surface area (Å²) in [5.41, 5.74) is 4.21. The SMILES string of the molecule is CCc1ccc2[nH]cc(NC(=O)N3CCN(c4ccc(Oc5cnc(C)nc5)cc4)CC3)c2c1. The lowest BCUT2D eigenvalue weighted by Crippen LogP contribution is -2.50. The van der Waals surface area contributed by atoms with Crippen molar-refractivity contribution in [2.24, 2.45) is 0 Å². The van der Waals surface area contributed by atoms with Crippen molar-refractivity contribution < 1.29 is 9.53 Å². The third kappa shape index (κ3) is 4.66. The number of benzene rings is 2. The number of ether oxygens (including phenoxy) is 1. The first-order chi connectivity index (χ1) is 16.6. The second-order valence-electron chi connectivity index (χ2n) is 8.40. The number of hydrogen-bond donors (Lipinski definition) is 2. The van der Waals surface area contributed by atoms with Gasteiger partial charge in [-0.05, 0) is 55.3 Å². The Morgan fingerprint density at radius 2 is 1.76 bits per heavy atom. The number of piperazine rings is 1. The molecule has 3 heterocycles. The first kappa shape index (κ1) is 21.8. The molecule has 1 aliphatic heterocycles. The van der Waals surface area contributed by atoms with E-state index in [1.54, 1.807) is 12.4 Å². The summed E-state index contributed by atoms with van der Waals surface area (Å²) >= 11 is 0. The zero-order chi connectivity index (χ0) is 23.5. The highest BCUT2D eigenvalue weighted by molar-refractivity contribution is 6.01. The molecule has 1 fully saturated rings. The van der Waals surface area contributed by atoms with Crippen molar-refractivity contribution in [3.63, 3.8) is 0 Å². The van der Waals surface area contributed by atoms with Gasteiger partial charge in [-0.1, -0.05) is 13.0 Å². The van der Waals surface area contributed by atoms with Crippen LogP contribution in [0.4, 0.5) is 16.2 Å². The fourth-order valence-corrected chi connectivity index (χ4v) is 4.15. The molecule has 2 aromatic heterocycles. The van der Waals surface area contributed by atoms with Gasteiger partial charge in [0.05, 0.1) is 18.1 Å². The molecule has 0 spiro atoms. The molecule has 0 unspecified atom stereocenters. The Morgan fingerprint density at radius 1 is 1.03 bits per heavy atom. The fraction of sp³-hybridized carbons (Fsp3) is 0.269. The fourth-order valence-electron chi connectivity index (χ4n) is 4.15. The molecule has 174 valence electrons. The lowest BCUT2D eigenvalue weighted by Gasteiger charge is -2.36. The lowest BCUT2D eigenvalue weighted by molar-refractivity contribution is 0.208. The van der Waals surface area contributed by atoms with Crippen LogP contribution < -0.4 is 15.0 Å². The molecule has 0 bridgehead atoms. The number of carbonyl (C=O) groups excluding carboxylic acids is 1. The Balaban J connectivity index is 1.17. The predicted octanol–water partition coefficient (Wildman–Crippen LogP) is 4.98. The Bertz CT molecular complexity index is 1280. The highest BCUT2D eigenvalue weighted by Crippen LogP contribution is 2.26. The normalized spacial score (nSPS) is 13.8. The second-order valence-corrected chi connectivity index (χ2v) is 8.40. The number of aromatic nitrogens is 3. The smallest absolute Gasteiger partial charge is 0.322 e. The maximum Gasteiger partial charge on any atom is 0.322 e. The molecule has 34 heavy (non-hydrogen) atoms. The van der Waals surface area contributed by atoms with E-state index in [0.717, 1.165) is 47.5 Å². The van der Waals surface area contributed by atoms with Gasteiger partial charge >= 0.3 is 6.03 Å². The number of rotatable bonds is 5. The van der Waals surface area contributed by atoms with Crippen LogP contribution in [0.15, 0.2) is 61.1 Å². The van der Waals surface area contributed by atoms with E-state index in [9.17, 15) is 4.79 Å². The van der Waals surface area contributed by atoms with Crippen LogP contribution in [0.2, 0.25) is 0 Å². The van der Waals surface area contributed by atoms with E-state index in [1.165, 1.54) is 5.56 Å². The minimum atomic E-state index is -0.0634. The quantitative estimate of drug-likeness (QED) is 0.443. The molecule has 8 heteroatoms. The predicted molar refractivity (Wildman–Crippen MR) is 134 cm³/mol. The van der Waals surface area contributed by atoms with Crippen molar-refractivity contribution in [3.05, 3.63) is 72.4 Å². The highest BCUT2D eigenvalue weighted by Gasteiger charge is 2.22. The zero-order valence-electron chi connectivity index (χ0n) is 19.4. The van der Waals surface area contributed by atoms with E-state index in [2.05, 4.69) is 50.3 Å². The molecule has 0 atom stereocenters. The average molecular weight is 457 g/mol. The van der Waals surface area contributed by atoms with Gasteiger partial charge in [0.25, 0.3) is 0 Å². The third-order valence-electron chi connectivity index (χ3n) is 6.16. The van der Waals surface area contributed by atoms with Crippen molar-refractivity contribution in [1.82, 2.24) is 19.9 Å². The Kier molecular flexibility index (Phi) is 6.03. The van der Waals surface area contributed by atoms with E-state index in [0.29, 0.717) is 24.7 Å². The molecule has 4 aromatic rings. The van der Waals surface area contributed by atoms with Crippen molar-refractivity contribution in [2.45, 2.75) is 20.3 Å². The number of carbonyl (C=O) groups is 1. The van der Waals surface area contributed by atoms with Crippen molar-refractivity contribution in [2.75, 3.05) is 36.4 Å². The van der Waals surface area contributed by atoms with Crippen LogP contribution in [0, 0.1) is 6.92 Å². The van der Waals surface area contributed by atoms with Gasteiger partial charge in [-0.2, -0.15) is 0 Å². The van der Waals surface area contributed by atoms with Gasteiger partial charge in [-0.25, -0.2) is 14.8 Å². The first-order valence-electron chi connectivity index (χ1n) is 11.6. The van der Waals surface area contributed by atoms with Gasteiger partial charge in [-0.3, -0.25) is 0 Å². The van der Waals surface area contributed by atoms with Gasteiger partial charge in [0.2, 0.25) is 0 Å². The minimum Gasteiger partial charge on any atom is -0.454 e. The van der Waals surface area contributed by atoms with Crippen molar-refractivity contribution in [1.29, 1.82) is 0 Å². The summed E-state index contributed by atoms with van der Waals surface area (Å²) in [4.78, 5) is 28.6. The van der Waals surface area contributed by atoms with Crippen LogP contribution in [0.1, 0.15) is 18.3 Å². The number of H-pyrrole nitrogens is 1. The van der Waals surface area contributed by atoms with Crippen LogP contribution in [-0.4, -0.2) is 52.1 Å². The molecular weight excluding hydrogens is 428 g/mol. The van der Waals surface area contributed by atoms with Gasteiger partial charge < -0.3 is 24.8 Å². The monoisotopic (exact) mass is 456 g/mol. The molecule has 2 amide bonds. The van der Waals surface area contributed by atoms with Gasteiger partial charge in [0.1, 0.15) is 11.6 Å². The molecule has 8 nitrogen and oxygen atoms in total. The van der Waals surface area contributed by atoms with E-state index >= 15 is 0 Å². The van der Waals surface area contributed by atoms with Crippen LogP contribution in [0.25, 0.3) is 10.9 Å². The number of amides is 2. The molecule has 2 aromatic carbocycles. The Labute approximate surface area is 198 Å². The second kappa shape index (κ2) is 9.43. The standard InChI is InChI=1S/C26H28N6O2/c1-3-19-4-9-24-23(14-19)25(17-29-24)30-26(33)32-12-10-31(11-13-32)20-5-7-21(8-6-20)34-22-15-27-18(2)28-16-22/h4-9,14-17,29H,3,10-13H2,1-2H3,(H,30,33). The van der Waals surface area contributed by atoms with Gasteiger partial charge in [0, 0.05) is 49.0 Å². The van der Waals surface area contributed by atoms with E-state index in [-0.39, 0.29) is 6.03 Å². The maximum absolute atomic E-state index is 12.9. The van der Waals surface area contributed by atoms with Gasteiger partial charge in [-0.15, -0.1) is 0 Å². The van der Waals surface area contributed by atoms with Gasteiger partial charge in [0.15, 0.2) is 5.75 Å². The molecule has 0 aliphatic carbocycles. The number of fused-ring (bicyclic) bond motifs is 1. The van der Waals surface area contributed by atoms with Crippen LogP contribution in [-0.2, 0) is 6.42 Å². The van der Waals surface area contributed by atoms with Crippen LogP contribution >= 0.6 is 0 Å². The summed E-state index contributed by atoms with van der Waals surface area (Å²) in [6, 6.07) is 14.2. The number of nitrogens with zero attached hydrogens (tertiary/aromatic N) is 4. The summed E-state index contributed by atoms with van der Waals surface area (Å²) in [6.45, 7) is 6.83. The molecule has 2 N–H and O–H groups in total. The number of aromatic amines is 1. The number of anilines is 2. The lowest BCUT2D eigenvalue weighted by atomic mass is 10.1. The molecule has 0 radical (unpaired) electrons. The topological polar surface area (TPSA) is 86.4 Å². The van der Waals surface area contributed by atoms with E-state index in [1.807, 2.05) is 42.3 Å². The summed E-state index contributed by atoms with van der Waals surface area (Å²) in [5.74, 6) is 2.06. The largest absolute Gasteiger partial charge is 0.454 e. The number of hydrogen-bond acceptors (Lipinski definition) is 5. The number of aryl methyl sites for hydroxylation is 2. The summed E-state index contributed by atoms with van der Waals surface area (Å²) in [6.07, 6.45) is 6.16. The first-order valence-corrected chi connectivity index (χ1v) is 11.6. The molecule has 1 aliphatic rings. The highest BCUT2D eigenvalue weighted by atomic mass is 16.5. The zero-order valence-corrected chi connectivity index (χ0v) is 19.4. The Hall–Kier alpha value is -4.07. The number of urea groups is 1. The summed E-state index contributed by atoms with van der Waals surface area (Å²) in [7, 11) is 0. The van der Waals surface area contributed by atoms with Crippen LogP contribution in [0.3, 0.4) is 0 Å². The molecule has 0 saturated carbocycles. The molecular formula is C26H28N6O2. The average Bonchev–Trinajstić information content (AvgIpc) is 3.27. The van der Waals surface area contributed by atoms with E-state index in [4.69, 9.17) is 4.74 Å². The summed E-state index contributed by atoms with van der Waals surface area (Å²) < 4.78 is 5.81. The third-order valence-corrected chi connectivity index (χ3v) is 6.16. The van der Waals surface area contributed by atoms with E-state index < -0.39 is 0 Å².